The molecule has 0 unspecified atom stereocenters. The SMILES string of the molecule is CCCOc1cc(OC)cc2c1-c1c(OCCN3CCOCC3)cccc1C2=O.CCCc1cc(OCC)c2c(c1)C(=O)c1cccc(OCCN(CC)CC)c1-2. The first-order chi connectivity index (χ1) is 27.9. The summed E-state index contributed by atoms with van der Waals surface area (Å²) < 4.78 is 35.0. The molecular formula is C47H58N2O8. The lowest BCUT2D eigenvalue weighted by Gasteiger charge is -2.26. The van der Waals surface area contributed by atoms with E-state index in [0.717, 1.165) is 122 Å². The van der Waals surface area contributed by atoms with E-state index in [2.05, 4.69) is 43.6 Å². The zero-order valence-electron chi connectivity index (χ0n) is 34.5. The molecule has 1 fully saturated rings. The molecule has 1 heterocycles. The van der Waals surface area contributed by atoms with E-state index in [1.54, 1.807) is 13.2 Å². The minimum Gasteiger partial charge on any atom is -0.497 e. The third-order valence-corrected chi connectivity index (χ3v) is 10.6. The second kappa shape index (κ2) is 20.0. The summed E-state index contributed by atoms with van der Waals surface area (Å²) in [5.74, 6) is 3.60. The Bertz CT molecular complexity index is 2020. The van der Waals surface area contributed by atoms with E-state index in [0.29, 0.717) is 54.6 Å². The van der Waals surface area contributed by atoms with Crippen LogP contribution in [0.15, 0.2) is 60.7 Å². The third kappa shape index (κ3) is 9.30. The number of hydrogen-bond acceptors (Lipinski definition) is 10. The maximum atomic E-state index is 13.1. The molecule has 304 valence electrons. The molecule has 7 rings (SSSR count). The Hall–Kier alpha value is -4.90. The summed E-state index contributed by atoms with van der Waals surface area (Å²) in [5, 5.41) is 0. The van der Waals surface area contributed by atoms with Crippen molar-refractivity contribution < 1.29 is 38.0 Å². The largest absolute Gasteiger partial charge is 0.497 e. The average Bonchev–Trinajstić information content (AvgIpc) is 3.70. The number of ketones is 2. The molecule has 0 saturated carbocycles. The Morgan fingerprint density at radius 2 is 1.21 bits per heavy atom. The summed E-state index contributed by atoms with van der Waals surface area (Å²) in [6.45, 7) is 19.9. The van der Waals surface area contributed by atoms with E-state index in [1.165, 1.54) is 0 Å². The van der Waals surface area contributed by atoms with Crippen LogP contribution >= 0.6 is 0 Å². The number of likely N-dealkylation sites (N-methyl/N-ethyl adjacent to an activating group) is 1. The number of rotatable bonds is 18. The van der Waals surface area contributed by atoms with Crippen LogP contribution in [0.1, 0.15) is 84.9 Å². The highest BCUT2D eigenvalue weighted by Crippen LogP contribution is 2.50. The van der Waals surface area contributed by atoms with Gasteiger partial charge in [-0.15, -0.1) is 0 Å². The summed E-state index contributed by atoms with van der Waals surface area (Å²) in [6, 6.07) is 19.2. The number of hydrogen-bond donors (Lipinski definition) is 0. The maximum Gasteiger partial charge on any atom is 0.194 e. The highest BCUT2D eigenvalue weighted by molar-refractivity contribution is 6.24. The summed E-state index contributed by atoms with van der Waals surface area (Å²) in [6.07, 6.45) is 2.85. The number of aryl methyl sites for hydroxylation is 1. The molecule has 1 aliphatic heterocycles. The van der Waals surface area contributed by atoms with E-state index in [1.807, 2.05) is 55.5 Å². The van der Waals surface area contributed by atoms with Crippen LogP contribution in [-0.4, -0.2) is 107 Å². The van der Waals surface area contributed by atoms with Gasteiger partial charge in [-0.25, -0.2) is 0 Å². The molecule has 0 N–H and O–H groups in total. The van der Waals surface area contributed by atoms with Crippen LogP contribution in [0.4, 0.5) is 0 Å². The van der Waals surface area contributed by atoms with Gasteiger partial charge in [-0.3, -0.25) is 14.5 Å². The van der Waals surface area contributed by atoms with E-state index in [-0.39, 0.29) is 11.6 Å². The van der Waals surface area contributed by atoms with Gasteiger partial charge < -0.3 is 33.3 Å². The van der Waals surface area contributed by atoms with Crippen molar-refractivity contribution in [2.45, 2.75) is 53.9 Å². The van der Waals surface area contributed by atoms with Crippen LogP contribution in [0.2, 0.25) is 0 Å². The number of fused-ring (bicyclic) bond motifs is 6. The number of morpholine rings is 1. The first kappa shape index (κ1) is 41.7. The lowest BCUT2D eigenvalue weighted by atomic mass is 9.99. The lowest BCUT2D eigenvalue weighted by molar-refractivity contribution is 0.0323. The van der Waals surface area contributed by atoms with E-state index in [9.17, 15) is 9.59 Å². The fourth-order valence-electron chi connectivity index (χ4n) is 7.70. The number of carbonyl (C=O) groups is 2. The third-order valence-electron chi connectivity index (χ3n) is 10.6. The van der Waals surface area contributed by atoms with Gasteiger partial charge in [0.2, 0.25) is 0 Å². The van der Waals surface area contributed by atoms with Gasteiger partial charge in [-0.1, -0.05) is 58.4 Å². The van der Waals surface area contributed by atoms with E-state index < -0.39 is 0 Å². The molecule has 2 aliphatic carbocycles. The quantitative estimate of drug-likeness (QED) is 0.0847. The normalized spacial score (nSPS) is 14.0. The molecule has 4 aromatic rings. The van der Waals surface area contributed by atoms with E-state index in [4.69, 9.17) is 28.4 Å². The van der Waals surface area contributed by atoms with Crippen LogP contribution in [0.3, 0.4) is 0 Å². The van der Waals surface area contributed by atoms with Crippen molar-refractivity contribution in [3.8, 4) is 51.0 Å². The van der Waals surface area contributed by atoms with Gasteiger partial charge in [0.05, 0.1) is 33.5 Å². The number of nitrogens with zero attached hydrogens (tertiary/aromatic N) is 2. The molecule has 10 nitrogen and oxygen atoms in total. The molecule has 0 aromatic heterocycles. The van der Waals surface area contributed by atoms with Crippen molar-refractivity contribution in [1.29, 1.82) is 0 Å². The van der Waals surface area contributed by atoms with Crippen LogP contribution in [-0.2, 0) is 11.2 Å². The summed E-state index contributed by atoms with van der Waals surface area (Å²) in [5.41, 5.74) is 7.26. The smallest absolute Gasteiger partial charge is 0.194 e. The molecule has 4 aromatic carbocycles. The maximum absolute atomic E-state index is 13.1. The Morgan fingerprint density at radius 3 is 1.79 bits per heavy atom. The van der Waals surface area contributed by atoms with Crippen molar-refractivity contribution in [1.82, 2.24) is 9.80 Å². The number of benzene rings is 4. The molecule has 0 bridgehead atoms. The standard InChI is InChI=1S/C24H31NO3.C23H27NO5/c1-5-10-17-15-19-23(21(16-17)27-8-4)22-18(24(19)26)11-9-12-20(22)28-14-13-25(6-2)7-3;1-3-10-28-20-15-16(26-2)14-18-22(20)21-17(23(18)25)5-4-6-19(21)29-13-9-24-7-11-27-12-8-24/h9,11-12,15-16H,5-8,10,13-14H2,1-4H3;4-6,14-15H,3,7-13H2,1-2H3. The summed E-state index contributed by atoms with van der Waals surface area (Å²) in [7, 11) is 1.60. The molecule has 10 heteroatoms. The second-order valence-electron chi connectivity index (χ2n) is 14.3. The Labute approximate surface area is 338 Å². The van der Waals surface area contributed by atoms with Crippen molar-refractivity contribution in [2.24, 2.45) is 0 Å². The van der Waals surface area contributed by atoms with Gasteiger partial charge in [0, 0.05) is 76.8 Å². The number of methoxy groups -OCH3 is 1. The predicted octanol–water partition coefficient (Wildman–Crippen LogP) is 8.38. The lowest BCUT2D eigenvalue weighted by Crippen LogP contribution is -2.38. The van der Waals surface area contributed by atoms with Gasteiger partial charge in [0.25, 0.3) is 0 Å². The Morgan fingerprint density at radius 1 is 0.632 bits per heavy atom. The van der Waals surface area contributed by atoms with Crippen molar-refractivity contribution >= 4 is 11.6 Å². The van der Waals surface area contributed by atoms with Gasteiger partial charge in [-0.2, -0.15) is 0 Å². The van der Waals surface area contributed by atoms with Crippen molar-refractivity contribution in [3.05, 3.63) is 88.5 Å². The first-order valence-electron chi connectivity index (χ1n) is 20.7. The fourth-order valence-corrected chi connectivity index (χ4v) is 7.70. The van der Waals surface area contributed by atoms with Crippen LogP contribution in [0.25, 0.3) is 22.3 Å². The minimum absolute atomic E-state index is 0.0196. The van der Waals surface area contributed by atoms with Gasteiger partial charge in [0.1, 0.15) is 42.0 Å². The number of ether oxygens (including phenoxy) is 6. The van der Waals surface area contributed by atoms with Gasteiger partial charge in [0.15, 0.2) is 11.6 Å². The zero-order chi connectivity index (χ0) is 40.3. The topological polar surface area (TPSA) is 96.0 Å². The van der Waals surface area contributed by atoms with Crippen LogP contribution in [0, 0.1) is 0 Å². The molecule has 0 amide bonds. The molecule has 0 radical (unpaired) electrons. The Balaban J connectivity index is 0.000000193. The molecule has 0 spiro atoms. The zero-order valence-corrected chi connectivity index (χ0v) is 34.5. The van der Waals surface area contributed by atoms with Crippen molar-refractivity contribution in [3.63, 3.8) is 0 Å². The molecule has 1 saturated heterocycles. The van der Waals surface area contributed by atoms with Gasteiger partial charge in [-0.05, 0) is 68.8 Å². The molecule has 3 aliphatic rings. The molecule has 57 heavy (non-hydrogen) atoms. The Kier molecular flexibility index (Phi) is 14.6. The monoisotopic (exact) mass is 778 g/mol. The average molecular weight is 779 g/mol. The van der Waals surface area contributed by atoms with Crippen molar-refractivity contribution in [2.75, 3.05) is 86.0 Å². The first-order valence-corrected chi connectivity index (χ1v) is 20.7. The minimum atomic E-state index is -0.0196. The summed E-state index contributed by atoms with van der Waals surface area (Å²) in [4.78, 5) is 30.8. The molecule has 0 atom stereocenters. The highest BCUT2D eigenvalue weighted by atomic mass is 16.5. The van der Waals surface area contributed by atoms with Gasteiger partial charge >= 0.3 is 0 Å². The predicted molar refractivity (Wildman–Crippen MR) is 224 cm³/mol. The van der Waals surface area contributed by atoms with Crippen LogP contribution < -0.4 is 23.7 Å². The second-order valence-corrected chi connectivity index (χ2v) is 14.3. The fraction of sp³-hybridized carbons (Fsp3) is 0.447. The molecular weight excluding hydrogens is 721 g/mol. The summed E-state index contributed by atoms with van der Waals surface area (Å²) >= 11 is 0. The number of carbonyl (C=O) groups excluding carboxylic acids is 2. The highest BCUT2D eigenvalue weighted by Gasteiger charge is 2.35. The van der Waals surface area contributed by atoms with Crippen LogP contribution in [0.5, 0.6) is 28.7 Å². The van der Waals surface area contributed by atoms with E-state index >= 15 is 0 Å².